The van der Waals surface area contributed by atoms with Crippen molar-refractivity contribution in [2.45, 2.75) is 92.5 Å². The van der Waals surface area contributed by atoms with E-state index in [0.29, 0.717) is 18.4 Å². The van der Waals surface area contributed by atoms with Crippen LogP contribution >= 0.6 is 0 Å². The number of benzene rings is 1. The van der Waals surface area contributed by atoms with Gasteiger partial charge in [-0.05, 0) is 58.1 Å². The maximum absolute atomic E-state index is 13.3. The minimum absolute atomic E-state index is 0.140. The molecule has 0 spiro atoms. The summed E-state index contributed by atoms with van der Waals surface area (Å²) < 4.78 is 23.8. The Balaban J connectivity index is 2.24. The Morgan fingerprint density at radius 2 is 1.51 bits per heavy atom. The van der Waals surface area contributed by atoms with Crippen LogP contribution in [0.2, 0.25) is 0 Å². The lowest BCUT2D eigenvalue weighted by Crippen LogP contribution is -2.41. The number of hydrogen-bond acceptors (Lipinski definition) is 6. The summed E-state index contributed by atoms with van der Waals surface area (Å²) >= 11 is 0. The lowest BCUT2D eigenvalue weighted by molar-refractivity contribution is -0.157. The highest BCUT2D eigenvalue weighted by atomic mass is 16.7. The van der Waals surface area contributed by atoms with E-state index >= 15 is 0 Å². The molecule has 1 aliphatic heterocycles. The van der Waals surface area contributed by atoms with Crippen molar-refractivity contribution in [3.8, 4) is 0 Å². The highest BCUT2D eigenvalue weighted by Gasteiger charge is 2.50. The van der Waals surface area contributed by atoms with Crippen LogP contribution in [0.4, 0.5) is 0 Å². The summed E-state index contributed by atoms with van der Waals surface area (Å²) in [5.41, 5.74) is 0.291. The normalized spacial score (nSPS) is 18.3. The van der Waals surface area contributed by atoms with Gasteiger partial charge in [-0.1, -0.05) is 64.4 Å². The second-order valence-corrected chi connectivity index (χ2v) is 11.0. The molecule has 35 heavy (non-hydrogen) atoms. The highest BCUT2D eigenvalue weighted by Crippen LogP contribution is 2.38. The predicted octanol–water partition coefficient (Wildman–Crippen LogP) is 6.04. The Kier molecular flexibility index (Phi) is 10.2. The topological polar surface area (TPSA) is 71.1 Å². The Morgan fingerprint density at radius 3 is 2.00 bits per heavy atom. The second-order valence-electron chi connectivity index (χ2n) is 11.0. The molecule has 1 atom stereocenters. The van der Waals surface area contributed by atoms with E-state index in [-0.39, 0.29) is 30.5 Å². The molecule has 0 aliphatic carbocycles. The summed E-state index contributed by atoms with van der Waals surface area (Å²) in [4.78, 5) is 25.8. The average Bonchev–Trinajstić information content (AvgIpc) is 2.98. The van der Waals surface area contributed by atoms with E-state index in [4.69, 9.17) is 18.8 Å². The van der Waals surface area contributed by atoms with E-state index in [1.165, 1.54) is 0 Å². The standard InChI is InChI=1S/C28H43BO6/c1-10-23(26(31)33-24(19(2)3)20(4)5)22(18-29-34-27(6,7)28(8,9)35-29)16-17-32-25(30)21-14-12-11-13-15-21/h11-15,18-20,23-24H,10,16-17H2,1-9H3/b22-18+/t23-/m0/s1. The summed E-state index contributed by atoms with van der Waals surface area (Å²) in [5, 5.41) is 0. The molecule has 6 nitrogen and oxygen atoms in total. The van der Waals surface area contributed by atoms with Gasteiger partial charge in [0.25, 0.3) is 0 Å². The summed E-state index contributed by atoms with van der Waals surface area (Å²) in [7, 11) is -0.604. The third kappa shape index (κ3) is 7.68. The minimum atomic E-state index is -0.604. The number of carbonyl (C=O) groups is 2. The fourth-order valence-corrected chi connectivity index (χ4v) is 4.26. The van der Waals surface area contributed by atoms with Crippen molar-refractivity contribution in [1.82, 2.24) is 0 Å². The molecule has 7 heteroatoms. The molecule has 0 bridgehead atoms. The van der Waals surface area contributed by atoms with Gasteiger partial charge < -0.3 is 18.8 Å². The first kappa shape index (κ1) is 29.1. The first-order valence-corrected chi connectivity index (χ1v) is 12.8. The fraction of sp³-hybridized carbons (Fsp3) is 0.643. The van der Waals surface area contributed by atoms with Gasteiger partial charge in [0.1, 0.15) is 6.10 Å². The van der Waals surface area contributed by atoms with Gasteiger partial charge in [-0.2, -0.15) is 0 Å². The van der Waals surface area contributed by atoms with Crippen molar-refractivity contribution in [2.24, 2.45) is 17.8 Å². The Labute approximate surface area is 211 Å². The second kappa shape index (κ2) is 12.2. The van der Waals surface area contributed by atoms with E-state index in [1.54, 1.807) is 24.3 Å². The van der Waals surface area contributed by atoms with Gasteiger partial charge in [0.15, 0.2) is 0 Å². The Bertz CT molecular complexity index is 851. The number of esters is 2. The van der Waals surface area contributed by atoms with E-state index in [9.17, 15) is 9.59 Å². The largest absolute Gasteiger partial charge is 0.487 e. The molecule has 0 unspecified atom stereocenters. The summed E-state index contributed by atoms with van der Waals surface area (Å²) in [5.74, 6) is 1.14. The van der Waals surface area contributed by atoms with Gasteiger partial charge in [-0.25, -0.2) is 4.79 Å². The van der Waals surface area contributed by atoms with E-state index in [0.717, 1.165) is 5.57 Å². The van der Waals surface area contributed by atoms with Gasteiger partial charge >= 0.3 is 19.1 Å². The van der Waals surface area contributed by atoms with Crippen LogP contribution in [0.3, 0.4) is 0 Å². The van der Waals surface area contributed by atoms with Gasteiger partial charge in [0, 0.05) is 6.42 Å². The third-order valence-corrected chi connectivity index (χ3v) is 6.96. The molecule has 0 radical (unpaired) electrons. The monoisotopic (exact) mass is 486 g/mol. The van der Waals surface area contributed by atoms with Crippen molar-refractivity contribution in [2.75, 3.05) is 6.61 Å². The highest BCUT2D eigenvalue weighted by molar-refractivity contribution is 6.51. The molecular weight excluding hydrogens is 443 g/mol. The van der Waals surface area contributed by atoms with Crippen LogP contribution in [0, 0.1) is 17.8 Å². The molecule has 1 heterocycles. The Hall–Kier alpha value is -2.12. The van der Waals surface area contributed by atoms with Crippen LogP contribution in [0.25, 0.3) is 0 Å². The maximum atomic E-state index is 13.3. The van der Waals surface area contributed by atoms with Crippen LogP contribution < -0.4 is 0 Å². The molecule has 1 aromatic rings. The number of hydrogen-bond donors (Lipinski definition) is 0. The molecule has 194 valence electrons. The van der Waals surface area contributed by atoms with Crippen molar-refractivity contribution in [1.29, 1.82) is 0 Å². The first-order chi connectivity index (χ1) is 16.3. The van der Waals surface area contributed by atoms with Crippen molar-refractivity contribution in [3.63, 3.8) is 0 Å². The molecule has 2 rings (SSSR count). The zero-order chi connectivity index (χ0) is 26.4. The molecule has 0 N–H and O–H groups in total. The quantitative estimate of drug-likeness (QED) is 0.281. The van der Waals surface area contributed by atoms with Crippen LogP contribution in [-0.4, -0.2) is 43.0 Å². The van der Waals surface area contributed by atoms with Gasteiger partial charge in [0.2, 0.25) is 0 Å². The van der Waals surface area contributed by atoms with Crippen LogP contribution in [0.15, 0.2) is 41.9 Å². The fourth-order valence-electron chi connectivity index (χ4n) is 4.26. The lowest BCUT2D eigenvalue weighted by Gasteiger charge is -2.32. The van der Waals surface area contributed by atoms with Crippen LogP contribution in [0.1, 0.15) is 85.5 Å². The summed E-state index contributed by atoms with van der Waals surface area (Å²) in [6.07, 6.45) is 0.759. The minimum Gasteiger partial charge on any atom is -0.462 e. The van der Waals surface area contributed by atoms with Gasteiger partial charge in [-0.15, -0.1) is 0 Å². The molecule has 0 aromatic heterocycles. The molecule has 0 amide bonds. The van der Waals surface area contributed by atoms with Gasteiger partial charge in [-0.3, -0.25) is 4.79 Å². The van der Waals surface area contributed by atoms with Crippen molar-refractivity contribution >= 4 is 19.1 Å². The van der Waals surface area contributed by atoms with Crippen LogP contribution in [-0.2, 0) is 23.6 Å². The van der Waals surface area contributed by atoms with E-state index in [2.05, 4.69) is 27.7 Å². The summed E-state index contributed by atoms with van der Waals surface area (Å²) in [6.45, 7) is 18.3. The Morgan fingerprint density at radius 1 is 0.971 bits per heavy atom. The zero-order valence-corrected chi connectivity index (χ0v) is 22.9. The predicted molar refractivity (Wildman–Crippen MR) is 139 cm³/mol. The van der Waals surface area contributed by atoms with Crippen LogP contribution in [0.5, 0.6) is 0 Å². The molecule has 1 fully saturated rings. The molecule has 1 aromatic carbocycles. The van der Waals surface area contributed by atoms with Gasteiger partial charge in [0.05, 0.1) is 29.3 Å². The number of rotatable bonds is 11. The molecule has 1 saturated heterocycles. The number of carbonyl (C=O) groups excluding carboxylic acids is 2. The number of ether oxygens (including phenoxy) is 2. The SMILES string of the molecule is CC[C@H](C(=O)OC(C(C)C)C(C)C)/C(=C/B1OC(C)(C)C(C)(C)O1)CCOC(=O)c1ccccc1. The zero-order valence-electron chi connectivity index (χ0n) is 22.9. The molecule has 1 aliphatic rings. The van der Waals surface area contributed by atoms with Crippen molar-refractivity contribution < 1.29 is 28.4 Å². The van der Waals surface area contributed by atoms with Crippen molar-refractivity contribution in [3.05, 3.63) is 47.4 Å². The third-order valence-electron chi connectivity index (χ3n) is 6.96. The average molecular weight is 486 g/mol. The smallest absolute Gasteiger partial charge is 0.462 e. The maximum Gasteiger partial charge on any atom is 0.487 e. The lowest BCUT2D eigenvalue weighted by atomic mass is 9.81. The van der Waals surface area contributed by atoms with E-state index in [1.807, 2.05) is 46.7 Å². The molecular formula is C28H43BO6. The van der Waals surface area contributed by atoms with E-state index < -0.39 is 30.2 Å². The first-order valence-electron chi connectivity index (χ1n) is 12.8. The molecule has 0 saturated carbocycles. The summed E-state index contributed by atoms with van der Waals surface area (Å²) in [6, 6.07) is 8.87.